The zero-order valence-electron chi connectivity index (χ0n) is 10.1. The Bertz CT molecular complexity index is 317. The fourth-order valence-corrected chi connectivity index (χ4v) is 1.68. The minimum atomic E-state index is -2.79. The van der Waals surface area contributed by atoms with E-state index in [1.807, 2.05) is 0 Å². The normalized spacial score (nSPS) is 12.1. The van der Waals surface area contributed by atoms with Gasteiger partial charge >= 0.3 is 0 Å². The lowest BCUT2D eigenvalue weighted by Gasteiger charge is -2.16. The lowest BCUT2D eigenvalue weighted by Crippen LogP contribution is -2.28. The largest absolute Gasteiger partial charge is 0.314 e. The molecule has 1 aromatic rings. The third-order valence-electron chi connectivity index (χ3n) is 2.42. The van der Waals surface area contributed by atoms with Crippen molar-refractivity contribution in [2.75, 3.05) is 13.6 Å². The standard InChI is InChI=1S/C13H19F2N/c1-10(2)8-11-4-6-12(7-5-11)13(14,15)9-16-3/h4-7,10,16H,8-9H2,1-3H3. The first-order valence-corrected chi connectivity index (χ1v) is 5.57. The highest BCUT2D eigenvalue weighted by molar-refractivity contribution is 5.26. The van der Waals surface area contributed by atoms with Crippen molar-refractivity contribution in [3.05, 3.63) is 35.4 Å². The van der Waals surface area contributed by atoms with Crippen LogP contribution < -0.4 is 5.32 Å². The van der Waals surface area contributed by atoms with Gasteiger partial charge in [-0.3, -0.25) is 0 Å². The second-order valence-corrected chi connectivity index (χ2v) is 4.53. The Morgan fingerprint density at radius 1 is 1.19 bits per heavy atom. The summed E-state index contributed by atoms with van der Waals surface area (Å²) >= 11 is 0. The highest BCUT2D eigenvalue weighted by Gasteiger charge is 2.30. The number of alkyl halides is 2. The zero-order valence-corrected chi connectivity index (χ0v) is 10.1. The van der Waals surface area contributed by atoms with Crippen molar-refractivity contribution in [3.8, 4) is 0 Å². The van der Waals surface area contributed by atoms with Crippen molar-refractivity contribution in [3.63, 3.8) is 0 Å². The highest BCUT2D eigenvalue weighted by atomic mass is 19.3. The molecule has 0 bridgehead atoms. The average Bonchev–Trinajstić information content (AvgIpc) is 2.17. The summed E-state index contributed by atoms with van der Waals surface area (Å²) in [5.74, 6) is -2.24. The molecule has 0 unspecified atom stereocenters. The summed E-state index contributed by atoms with van der Waals surface area (Å²) in [6.45, 7) is 3.91. The van der Waals surface area contributed by atoms with Crippen LogP contribution in [0.15, 0.2) is 24.3 Å². The number of hydrogen-bond acceptors (Lipinski definition) is 1. The quantitative estimate of drug-likeness (QED) is 0.814. The van der Waals surface area contributed by atoms with Crippen molar-refractivity contribution in [2.45, 2.75) is 26.2 Å². The van der Waals surface area contributed by atoms with Crippen LogP contribution in [0.1, 0.15) is 25.0 Å². The molecule has 16 heavy (non-hydrogen) atoms. The molecule has 0 aromatic heterocycles. The van der Waals surface area contributed by atoms with Gasteiger partial charge in [0.15, 0.2) is 0 Å². The molecule has 0 aliphatic rings. The molecule has 0 saturated heterocycles. The first-order chi connectivity index (χ1) is 7.45. The molecule has 0 aliphatic carbocycles. The molecule has 0 spiro atoms. The Kier molecular flexibility index (Phi) is 4.42. The van der Waals surface area contributed by atoms with Crippen LogP contribution in [0.5, 0.6) is 0 Å². The monoisotopic (exact) mass is 227 g/mol. The molecule has 0 saturated carbocycles. The molecular weight excluding hydrogens is 208 g/mol. The van der Waals surface area contributed by atoms with Crippen molar-refractivity contribution in [1.29, 1.82) is 0 Å². The summed E-state index contributed by atoms with van der Waals surface area (Å²) in [4.78, 5) is 0. The molecule has 1 nitrogen and oxygen atoms in total. The summed E-state index contributed by atoms with van der Waals surface area (Å²) < 4.78 is 27.0. The van der Waals surface area contributed by atoms with Gasteiger partial charge in [-0.05, 0) is 24.9 Å². The molecular formula is C13H19F2N. The predicted molar refractivity (Wildman–Crippen MR) is 62.8 cm³/mol. The zero-order chi connectivity index (χ0) is 12.2. The third-order valence-corrected chi connectivity index (χ3v) is 2.42. The minimum Gasteiger partial charge on any atom is -0.314 e. The molecule has 1 rings (SSSR count). The van der Waals surface area contributed by atoms with E-state index in [4.69, 9.17) is 0 Å². The van der Waals surface area contributed by atoms with Crippen molar-refractivity contribution in [1.82, 2.24) is 5.32 Å². The van der Waals surface area contributed by atoms with Gasteiger partial charge < -0.3 is 5.32 Å². The van der Waals surface area contributed by atoms with Crippen LogP contribution in [0.3, 0.4) is 0 Å². The van der Waals surface area contributed by atoms with E-state index in [2.05, 4.69) is 19.2 Å². The second kappa shape index (κ2) is 5.39. The van der Waals surface area contributed by atoms with E-state index in [1.54, 1.807) is 12.1 Å². The lowest BCUT2D eigenvalue weighted by molar-refractivity contribution is -0.00126. The maximum atomic E-state index is 13.5. The molecule has 0 atom stereocenters. The van der Waals surface area contributed by atoms with E-state index >= 15 is 0 Å². The van der Waals surface area contributed by atoms with Gasteiger partial charge in [-0.1, -0.05) is 38.1 Å². The van der Waals surface area contributed by atoms with Gasteiger partial charge in [0.2, 0.25) is 0 Å². The highest BCUT2D eigenvalue weighted by Crippen LogP contribution is 2.27. The Morgan fingerprint density at radius 3 is 2.19 bits per heavy atom. The number of benzene rings is 1. The molecule has 0 aliphatic heterocycles. The average molecular weight is 227 g/mol. The van der Waals surface area contributed by atoms with Crippen LogP contribution in [0.2, 0.25) is 0 Å². The molecule has 90 valence electrons. The molecule has 1 N–H and O–H groups in total. The van der Waals surface area contributed by atoms with Crippen molar-refractivity contribution < 1.29 is 8.78 Å². The summed E-state index contributed by atoms with van der Waals surface area (Å²) in [6.07, 6.45) is 0.928. The van der Waals surface area contributed by atoms with E-state index in [1.165, 1.54) is 19.2 Å². The van der Waals surface area contributed by atoms with Crippen LogP contribution in [0, 0.1) is 5.92 Å². The summed E-state index contributed by atoms with van der Waals surface area (Å²) in [5.41, 5.74) is 1.19. The number of nitrogens with one attached hydrogen (secondary N) is 1. The Morgan fingerprint density at radius 2 is 1.75 bits per heavy atom. The summed E-state index contributed by atoms with van der Waals surface area (Å²) in [5, 5.41) is 2.50. The number of likely N-dealkylation sites (N-methyl/N-ethyl adjacent to an activating group) is 1. The van der Waals surface area contributed by atoms with Gasteiger partial charge in [0.05, 0.1) is 6.54 Å². The fourth-order valence-electron chi connectivity index (χ4n) is 1.68. The lowest BCUT2D eigenvalue weighted by atomic mass is 10.00. The summed E-state index contributed by atoms with van der Waals surface area (Å²) in [6, 6.07) is 6.63. The van der Waals surface area contributed by atoms with Crippen LogP contribution in [-0.2, 0) is 12.3 Å². The molecule has 0 amide bonds. The molecule has 0 radical (unpaired) electrons. The van der Waals surface area contributed by atoms with Gasteiger partial charge in [0.1, 0.15) is 0 Å². The predicted octanol–water partition coefficient (Wildman–Crippen LogP) is 3.20. The second-order valence-electron chi connectivity index (χ2n) is 4.53. The maximum Gasteiger partial charge on any atom is 0.285 e. The SMILES string of the molecule is CNCC(F)(F)c1ccc(CC(C)C)cc1. The van der Waals surface area contributed by atoms with E-state index in [-0.39, 0.29) is 12.1 Å². The maximum absolute atomic E-state index is 13.5. The molecule has 0 fully saturated rings. The fraction of sp³-hybridized carbons (Fsp3) is 0.538. The molecule has 1 aromatic carbocycles. The Labute approximate surface area is 95.9 Å². The van der Waals surface area contributed by atoms with E-state index in [9.17, 15) is 8.78 Å². The van der Waals surface area contributed by atoms with Gasteiger partial charge in [-0.15, -0.1) is 0 Å². The summed E-state index contributed by atoms with van der Waals surface area (Å²) in [7, 11) is 1.53. The van der Waals surface area contributed by atoms with Gasteiger partial charge in [0, 0.05) is 5.56 Å². The van der Waals surface area contributed by atoms with Gasteiger partial charge in [-0.2, -0.15) is 8.78 Å². The first-order valence-electron chi connectivity index (χ1n) is 5.57. The molecule has 3 heteroatoms. The van der Waals surface area contributed by atoms with E-state index < -0.39 is 5.92 Å². The van der Waals surface area contributed by atoms with Gasteiger partial charge in [0.25, 0.3) is 5.92 Å². The first kappa shape index (κ1) is 13.1. The van der Waals surface area contributed by atoms with Crippen molar-refractivity contribution in [2.24, 2.45) is 5.92 Å². The van der Waals surface area contributed by atoms with Crippen molar-refractivity contribution >= 4 is 0 Å². The Balaban J connectivity index is 2.78. The van der Waals surface area contributed by atoms with Crippen LogP contribution in [0.25, 0.3) is 0 Å². The van der Waals surface area contributed by atoms with Gasteiger partial charge in [-0.25, -0.2) is 0 Å². The smallest absolute Gasteiger partial charge is 0.285 e. The van der Waals surface area contributed by atoms with Crippen LogP contribution in [-0.4, -0.2) is 13.6 Å². The number of rotatable bonds is 5. The third kappa shape index (κ3) is 3.56. The topological polar surface area (TPSA) is 12.0 Å². The minimum absolute atomic E-state index is 0.0781. The molecule has 0 heterocycles. The van der Waals surface area contributed by atoms with Crippen LogP contribution >= 0.6 is 0 Å². The number of halogens is 2. The van der Waals surface area contributed by atoms with Crippen LogP contribution in [0.4, 0.5) is 8.78 Å². The number of hydrogen-bond donors (Lipinski definition) is 1. The Hall–Kier alpha value is -0.960. The van der Waals surface area contributed by atoms with E-state index in [0.717, 1.165) is 12.0 Å². The van der Waals surface area contributed by atoms with E-state index in [0.29, 0.717) is 5.92 Å².